The van der Waals surface area contributed by atoms with E-state index in [0.717, 1.165) is 16.3 Å². The van der Waals surface area contributed by atoms with Gasteiger partial charge in [0.15, 0.2) is 5.56 Å². The van der Waals surface area contributed by atoms with Gasteiger partial charge in [0.2, 0.25) is 0 Å². The SMILES string of the molecule is COC(=O)c1ccc2cc(C(Cl)OC)ccc2c1. The van der Waals surface area contributed by atoms with E-state index in [1.165, 1.54) is 7.11 Å². The summed E-state index contributed by atoms with van der Waals surface area (Å²) in [4.78, 5) is 11.4. The number of carbonyl (C=O) groups excluding carboxylic acids is 1. The number of alkyl halides is 1. The Labute approximate surface area is 110 Å². The molecule has 3 nitrogen and oxygen atoms in total. The average Bonchev–Trinajstić information content (AvgIpc) is 2.44. The summed E-state index contributed by atoms with van der Waals surface area (Å²) in [6, 6.07) is 11.1. The lowest BCUT2D eigenvalue weighted by Crippen LogP contribution is -2.00. The van der Waals surface area contributed by atoms with E-state index in [4.69, 9.17) is 16.3 Å². The molecule has 1 atom stereocenters. The summed E-state index contributed by atoms with van der Waals surface area (Å²) in [6.45, 7) is 0. The molecule has 0 spiro atoms. The van der Waals surface area contributed by atoms with Gasteiger partial charge < -0.3 is 9.47 Å². The Morgan fingerprint density at radius 3 is 2.44 bits per heavy atom. The predicted molar refractivity (Wildman–Crippen MR) is 70.9 cm³/mol. The smallest absolute Gasteiger partial charge is 0.337 e. The first-order valence-corrected chi connectivity index (χ1v) is 5.88. The summed E-state index contributed by atoms with van der Waals surface area (Å²) in [7, 11) is 2.93. The number of carbonyl (C=O) groups is 1. The second kappa shape index (κ2) is 5.38. The van der Waals surface area contributed by atoms with E-state index in [-0.39, 0.29) is 5.97 Å². The fourth-order valence-corrected chi connectivity index (χ4v) is 1.92. The number of ether oxygens (including phenoxy) is 2. The maximum absolute atomic E-state index is 11.4. The zero-order valence-corrected chi connectivity index (χ0v) is 10.9. The van der Waals surface area contributed by atoms with Crippen molar-refractivity contribution in [2.45, 2.75) is 5.56 Å². The van der Waals surface area contributed by atoms with Gasteiger partial charge in [-0.05, 0) is 34.5 Å². The number of rotatable bonds is 3. The van der Waals surface area contributed by atoms with Crippen LogP contribution in [0.25, 0.3) is 10.8 Å². The molecule has 0 fully saturated rings. The molecule has 0 saturated heterocycles. The van der Waals surface area contributed by atoms with Gasteiger partial charge >= 0.3 is 5.97 Å². The van der Waals surface area contributed by atoms with Crippen molar-refractivity contribution in [3.05, 3.63) is 47.5 Å². The van der Waals surface area contributed by atoms with Crippen LogP contribution in [0.1, 0.15) is 21.5 Å². The van der Waals surface area contributed by atoms with Crippen molar-refractivity contribution in [1.29, 1.82) is 0 Å². The molecule has 0 aromatic heterocycles. The molecule has 1 unspecified atom stereocenters. The molecule has 0 saturated carbocycles. The van der Waals surface area contributed by atoms with Crippen LogP contribution in [0, 0.1) is 0 Å². The molecule has 0 heterocycles. The van der Waals surface area contributed by atoms with Crippen LogP contribution in [-0.2, 0) is 9.47 Å². The zero-order chi connectivity index (χ0) is 13.1. The van der Waals surface area contributed by atoms with Crippen molar-refractivity contribution < 1.29 is 14.3 Å². The maximum atomic E-state index is 11.4. The first-order valence-electron chi connectivity index (χ1n) is 5.44. The number of halogens is 1. The van der Waals surface area contributed by atoms with Gasteiger partial charge in [-0.15, -0.1) is 0 Å². The highest BCUT2D eigenvalue weighted by atomic mass is 35.5. The van der Waals surface area contributed by atoms with Crippen LogP contribution in [0.2, 0.25) is 0 Å². The summed E-state index contributed by atoms with van der Waals surface area (Å²) < 4.78 is 9.74. The number of benzene rings is 2. The molecule has 0 aliphatic carbocycles. The molecule has 0 amide bonds. The van der Waals surface area contributed by atoms with Crippen molar-refractivity contribution in [1.82, 2.24) is 0 Å². The third-order valence-electron chi connectivity index (χ3n) is 2.75. The molecule has 0 aliphatic heterocycles. The Morgan fingerprint density at radius 1 is 1.11 bits per heavy atom. The van der Waals surface area contributed by atoms with Gasteiger partial charge in [0, 0.05) is 7.11 Å². The Kier molecular flexibility index (Phi) is 3.84. The van der Waals surface area contributed by atoms with Gasteiger partial charge in [0.05, 0.1) is 12.7 Å². The third-order valence-corrected chi connectivity index (χ3v) is 3.18. The summed E-state index contributed by atoms with van der Waals surface area (Å²) in [5.74, 6) is -0.340. The summed E-state index contributed by atoms with van der Waals surface area (Å²) in [5, 5.41) is 1.96. The van der Waals surface area contributed by atoms with Crippen LogP contribution in [0.3, 0.4) is 0 Å². The first kappa shape index (κ1) is 12.9. The van der Waals surface area contributed by atoms with Gasteiger partial charge in [-0.2, -0.15) is 0 Å². The minimum Gasteiger partial charge on any atom is -0.465 e. The molecule has 0 radical (unpaired) electrons. The molecule has 0 N–H and O–H groups in total. The second-order valence-electron chi connectivity index (χ2n) is 3.86. The van der Waals surface area contributed by atoms with Crippen LogP contribution >= 0.6 is 11.6 Å². The average molecular weight is 265 g/mol. The molecule has 0 aliphatic rings. The minimum atomic E-state index is -0.463. The van der Waals surface area contributed by atoms with E-state index in [1.807, 2.05) is 24.3 Å². The van der Waals surface area contributed by atoms with Crippen LogP contribution < -0.4 is 0 Å². The zero-order valence-electron chi connectivity index (χ0n) is 10.1. The Morgan fingerprint density at radius 2 is 1.78 bits per heavy atom. The Balaban J connectivity index is 2.45. The monoisotopic (exact) mass is 264 g/mol. The summed E-state index contributed by atoms with van der Waals surface area (Å²) in [6.07, 6.45) is 0. The molecule has 94 valence electrons. The normalized spacial score (nSPS) is 12.4. The largest absolute Gasteiger partial charge is 0.465 e. The second-order valence-corrected chi connectivity index (χ2v) is 4.26. The van der Waals surface area contributed by atoms with Crippen molar-refractivity contribution in [3.63, 3.8) is 0 Å². The number of fused-ring (bicyclic) bond motifs is 1. The van der Waals surface area contributed by atoms with Crippen LogP contribution in [0.15, 0.2) is 36.4 Å². The predicted octanol–water partition coefficient (Wildman–Crippen LogP) is 3.51. The number of hydrogen-bond donors (Lipinski definition) is 0. The van der Waals surface area contributed by atoms with Crippen molar-refractivity contribution in [2.24, 2.45) is 0 Å². The minimum absolute atomic E-state index is 0.340. The van der Waals surface area contributed by atoms with Gasteiger partial charge in [-0.25, -0.2) is 4.79 Å². The molecular weight excluding hydrogens is 252 g/mol. The molecule has 2 aromatic rings. The third kappa shape index (κ3) is 2.47. The van der Waals surface area contributed by atoms with Gasteiger partial charge in [0.1, 0.15) is 0 Å². The van der Waals surface area contributed by atoms with Gasteiger partial charge in [-0.1, -0.05) is 29.8 Å². The van der Waals surface area contributed by atoms with E-state index in [9.17, 15) is 4.79 Å². The molecule has 18 heavy (non-hydrogen) atoms. The number of hydrogen-bond acceptors (Lipinski definition) is 3. The quantitative estimate of drug-likeness (QED) is 0.629. The summed E-state index contributed by atoms with van der Waals surface area (Å²) in [5.41, 5.74) is 0.957. The van der Waals surface area contributed by atoms with E-state index >= 15 is 0 Å². The standard InChI is InChI=1S/C14H13ClO3/c1-17-13(15)11-5-3-10-8-12(14(16)18-2)6-4-9(10)7-11/h3-8,13H,1-2H3. The van der Waals surface area contributed by atoms with Crippen molar-refractivity contribution >= 4 is 28.3 Å². The van der Waals surface area contributed by atoms with Crippen LogP contribution in [0.5, 0.6) is 0 Å². The van der Waals surface area contributed by atoms with E-state index in [0.29, 0.717) is 5.56 Å². The van der Waals surface area contributed by atoms with E-state index in [1.54, 1.807) is 19.2 Å². The molecule has 4 heteroatoms. The molecular formula is C14H13ClO3. The highest BCUT2D eigenvalue weighted by molar-refractivity contribution is 6.20. The van der Waals surface area contributed by atoms with Crippen LogP contribution in [-0.4, -0.2) is 20.2 Å². The summed E-state index contributed by atoms with van der Waals surface area (Å²) >= 11 is 6.00. The number of methoxy groups -OCH3 is 2. The Hall–Kier alpha value is -1.58. The Bertz CT molecular complexity index is 580. The van der Waals surface area contributed by atoms with Crippen molar-refractivity contribution in [3.8, 4) is 0 Å². The lowest BCUT2D eigenvalue weighted by Gasteiger charge is -2.09. The number of esters is 1. The lowest BCUT2D eigenvalue weighted by molar-refractivity contribution is 0.0601. The molecule has 0 bridgehead atoms. The topological polar surface area (TPSA) is 35.5 Å². The van der Waals surface area contributed by atoms with Crippen LogP contribution in [0.4, 0.5) is 0 Å². The van der Waals surface area contributed by atoms with Crippen molar-refractivity contribution in [2.75, 3.05) is 14.2 Å². The van der Waals surface area contributed by atoms with Gasteiger partial charge in [0.25, 0.3) is 0 Å². The van der Waals surface area contributed by atoms with E-state index < -0.39 is 5.56 Å². The maximum Gasteiger partial charge on any atom is 0.337 e. The first-order chi connectivity index (χ1) is 8.65. The fourth-order valence-electron chi connectivity index (χ4n) is 1.79. The lowest BCUT2D eigenvalue weighted by atomic mass is 10.0. The molecule has 2 aromatic carbocycles. The van der Waals surface area contributed by atoms with E-state index in [2.05, 4.69) is 4.74 Å². The highest BCUT2D eigenvalue weighted by Gasteiger charge is 2.09. The molecule has 2 rings (SSSR count). The highest BCUT2D eigenvalue weighted by Crippen LogP contribution is 2.25. The fraction of sp³-hybridized carbons (Fsp3) is 0.214. The van der Waals surface area contributed by atoms with Gasteiger partial charge in [-0.3, -0.25) is 0 Å².